The van der Waals surface area contributed by atoms with E-state index in [-0.39, 0.29) is 18.5 Å². The smallest absolute Gasteiger partial charge is 0.323 e. The Balaban J connectivity index is 1.54. The fourth-order valence-corrected chi connectivity index (χ4v) is 5.74. The topological polar surface area (TPSA) is 91.8 Å². The van der Waals surface area contributed by atoms with Crippen LogP contribution in [-0.4, -0.2) is 51.9 Å². The first-order valence-electron chi connectivity index (χ1n) is 11.2. The van der Waals surface area contributed by atoms with Crippen LogP contribution in [0.25, 0.3) is 0 Å². The van der Waals surface area contributed by atoms with E-state index in [4.69, 9.17) is 21.4 Å². The predicted octanol–water partition coefficient (Wildman–Crippen LogP) is 6.25. The standard InChI is InChI=1S/C23H30ClN3O4S2/c1-16-3-7-18(8-4-16)27(12-2-13-31-19-9-5-17(24)6-10-19)23(30)26-22-25-15-21(33-22)32-14-11-20(28)29/h5-6,9-10,15-16,18H,2-4,7-8,11-14H2,1H3,(H,28,29)(H,25,26,30). The van der Waals surface area contributed by atoms with E-state index >= 15 is 0 Å². The van der Waals surface area contributed by atoms with Crippen molar-refractivity contribution in [3.63, 3.8) is 0 Å². The number of halogens is 1. The van der Waals surface area contributed by atoms with Crippen LogP contribution in [-0.2, 0) is 4.79 Å². The SMILES string of the molecule is CC1CCC(N(CCCOc2ccc(Cl)cc2)C(=O)Nc2ncc(SCCC(=O)O)s2)CC1. The van der Waals surface area contributed by atoms with Gasteiger partial charge in [-0.05, 0) is 62.3 Å². The molecule has 1 aromatic heterocycles. The molecule has 1 aliphatic rings. The second-order valence-electron chi connectivity index (χ2n) is 8.17. The Kier molecular flexibility index (Phi) is 10.1. The van der Waals surface area contributed by atoms with Gasteiger partial charge in [0.15, 0.2) is 5.13 Å². The molecule has 0 saturated heterocycles. The first kappa shape index (κ1) is 25.6. The number of nitrogens with one attached hydrogen (secondary N) is 1. The molecule has 0 radical (unpaired) electrons. The van der Waals surface area contributed by atoms with E-state index < -0.39 is 5.97 Å². The molecule has 0 spiro atoms. The lowest BCUT2D eigenvalue weighted by Crippen LogP contribution is -2.45. The summed E-state index contributed by atoms with van der Waals surface area (Å²) in [5, 5.41) is 12.9. The number of carboxylic acid groups (broad SMARTS) is 1. The Morgan fingerprint density at radius 3 is 2.70 bits per heavy atom. The summed E-state index contributed by atoms with van der Waals surface area (Å²) in [5.41, 5.74) is 0. The fraction of sp³-hybridized carbons (Fsp3) is 0.522. The average molecular weight is 512 g/mol. The molecule has 10 heteroatoms. The van der Waals surface area contributed by atoms with Gasteiger partial charge in [-0.3, -0.25) is 10.1 Å². The van der Waals surface area contributed by atoms with Crippen molar-refractivity contribution in [2.24, 2.45) is 5.92 Å². The minimum Gasteiger partial charge on any atom is -0.494 e. The molecule has 180 valence electrons. The van der Waals surface area contributed by atoms with Gasteiger partial charge in [-0.15, -0.1) is 11.8 Å². The summed E-state index contributed by atoms with van der Waals surface area (Å²) >= 11 is 8.72. The normalized spacial score (nSPS) is 18.0. The quantitative estimate of drug-likeness (QED) is 0.274. The van der Waals surface area contributed by atoms with E-state index in [1.165, 1.54) is 23.1 Å². The van der Waals surface area contributed by atoms with E-state index in [9.17, 15) is 9.59 Å². The molecule has 0 unspecified atom stereocenters. The number of thiazole rings is 1. The molecule has 1 heterocycles. The molecule has 33 heavy (non-hydrogen) atoms. The first-order valence-corrected chi connectivity index (χ1v) is 13.3. The molecule has 2 aromatic rings. The largest absolute Gasteiger partial charge is 0.494 e. The number of carbonyl (C=O) groups is 2. The number of nitrogens with zero attached hydrogens (tertiary/aromatic N) is 2. The number of benzene rings is 1. The summed E-state index contributed by atoms with van der Waals surface area (Å²) in [5.74, 6) is 1.12. The molecular formula is C23H30ClN3O4S2. The van der Waals surface area contributed by atoms with Crippen molar-refractivity contribution < 1.29 is 19.4 Å². The van der Waals surface area contributed by atoms with Gasteiger partial charge < -0.3 is 14.7 Å². The van der Waals surface area contributed by atoms with Gasteiger partial charge in [-0.25, -0.2) is 9.78 Å². The summed E-state index contributed by atoms with van der Waals surface area (Å²) in [6.07, 6.45) is 6.74. The zero-order valence-corrected chi connectivity index (χ0v) is 21.1. The summed E-state index contributed by atoms with van der Waals surface area (Å²) in [4.78, 5) is 30.1. The number of aliphatic carboxylic acids is 1. The van der Waals surface area contributed by atoms with Crippen LogP contribution in [0.1, 0.15) is 45.4 Å². The zero-order valence-electron chi connectivity index (χ0n) is 18.7. The maximum atomic E-state index is 13.1. The molecule has 1 fully saturated rings. The molecule has 1 aliphatic carbocycles. The first-order chi connectivity index (χ1) is 15.9. The van der Waals surface area contributed by atoms with Crippen LogP contribution in [0.15, 0.2) is 34.7 Å². The minimum absolute atomic E-state index is 0.0935. The molecule has 0 atom stereocenters. The van der Waals surface area contributed by atoms with E-state index in [2.05, 4.69) is 17.2 Å². The summed E-state index contributed by atoms with van der Waals surface area (Å²) in [6, 6.07) is 7.33. The van der Waals surface area contributed by atoms with Gasteiger partial charge in [0.1, 0.15) is 5.75 Å². The lowest BCUT2D eigenvalue weighted by atomic mass is 9.86. The summed E-state index contributed by atoms with van der Waals surface area (Å²) in [6.45, 7) is 3.37. The second-order valence-corrected chi connectivity index (χ2v) is 11.0. The molecule has 3 rings (SSSR count). The van der Waals surface area contributed by atoms with Crippen molar-refractivity contribution >= 4 is 51.8 Å². The molecule has 2 N–H and O–H groups in total. The number of thioether (sulfide) groups is 1. The van der Waals surface area contributed by atoms with Gasteiger partial charge in [-0.1, -0.05) is 29.9 Å². The van der Waals surface area contributed by atoms with Crippen LogP contribution in [0.3, 0.4) is 0 Å². The molecule has 1 saturated carbocycles. The van der Waals surface area contributed by atoms with E-state index in [0.29, 0.717) is 35.0 Å². The fourth-order valence-electron chi connectivity index (χ4n) is 3.75. The Labute approximate surface area is 207 Å². The van der Waals surface area contributed by atoms with Crippen molar-refractivity contribution in [2.45, 2.75) is 55.7 Å². The van der Waals surface area contributed by atoms with Crippen LogP contribution in [0.2, 0.25) is 5.02 Å². The Hall–Kier alpha value is -1.97. The Bertz CT molecular complexity index is 901. The van der Waals surface area contributed by atoms with Gasteiger partial charge in [0.2, 0.25) is 0 Å². The van der Waals surface area contributed by atoms with E-state index in [0.717, 1.165) is 42.1 Å². The number of hydrogen-bond donors (Lipinski definition) is 2. The van der Waals surface area contributed by atoms with Crippen LogP contribution in [0.4, 0.5) is 9.93 Å². The third kappa shape index (κ3) is 8.72. The highest BCUT2D eigenvalue weighted by Crippen LogP contribution is 2.30. The minimum atomic E-state index is -0.821. The molecule has 0 aliphatic heterocycles. The number of aromatic nitrogens is 1. The number of carbonyl (C=O) groups excluding carboxylic acids is 1. The van der Waals surface area contributed by atoms with Crippen LogP contribution < -0.4 is 10.1 Å². The zero-order chi connectivity index (χ0) is 23.6. The number of ether oxygens (including phenoxy) is 1. The summed E-state index contributed by atoms with van der Waals surface area (Å²) < 4.78 is 6.69. The van der Waals surface area contributed by atoms with Gasteiger partial charge in [0, 0.05) is 23.4 Å². The molecular weight excluding hydrogens is 482 g/mol. The van der Waals surface area contributed by atoms with Gasteiger partial charge >= 0.3 is 12.0 Å². The number of amides is 2. The third-order valence-corrected chi connectivity index (χ3v) is 7.93. The van der Waals surface area contributed by atoms with Crippen LogP contribution >= 0.6 is 34.7 Å². The highest BCUT2D eigenvalue weighted by Gasteiger charge is 2.28. The van der Waals surface area contributed by atoms with Crippen molar-refractivity contribution in [3.8, 4) is 5.75 Å². The molecule has 1 aromatic carbocycles. The number of hydrogen-bond acceptors (Lipinski definition) is 6. The van der Waals surface area contributed by atoms with Crippen LogP contribution in [0.5, 0.6) is 5.75 Å². The maximum absolute atomic E-state index is 13.1. The van der Waals surface area contributed by atoms with Gasteiger partial charge in [0.25, 0.3) is 0 Å². The van der Waals surface area contributed by atoms with Crippen molar-refractivity contribution in [1.82, 2.24) is 9.88 Å². The summed E-state index contributed by atoms with van der Waals surface area (Å²) in [7, 11) is 0. The number of carboxylic acids is 1. The predicted molar refractivity (Wildman–Crippen MR) is 134 cm³/mol. The van der Waals surface area contributed by atoms with Crippen molar-refractivity contribution in [3.05, 3.63) is 35.5 Å². The lowest BCUT2D eigenvalue weighted by Gasteiger charge is -2.36. The van der Waals surface area contributed by atoms with Gasteiger partial charge in [-0.2, -0.15) is 0 Å². The number of rotatable bonds is 11. The van der Waals surface area contributed by atoms with Crippen molar-refractivity contribution in [2.75, 3.05) is 24.2 Å². The monoisotopic (exact) mass is 511 g/mol. The Morgan fingerprint density at radius 1 is 1.27 bits per heavy atom. The van der Waals surface area contributed by atoms with Crippen LogP contribution in [0, 0.1) is 5.92 Å². The lowest BCUT2D eigenvalue weighted by molar-refractivity contribution is -0.136. The molecule has 7 nitrogen and oxygen atoms in total. The van der Waals surface area contributed by atoms with Gasteiger partial charge in [0.05, 0.1) is 23.4 Å². The van der Waals surface area contributed by atoms with Crippen molar-refractivity contribution in [1.29, 1.82) is 0 Å². The highest BCUT2D eigenvalue weighted by atomic mass is 35.5. The Morgan fingerprint density at radius 2 is 2.00 bits per heavy atom. The molecule has 0 bridgehead atoms. The number of anilines is 1. The van der Waals surface area contributed by atoms with E-state index in [1.807, 2.05) is 17.0 Å². The molecule has 2 amide bonds. The third-order valence-electron chi connectivity index (χ3n) is 5.57. The average Bonchev–Trinajstić information content (AvgIpc) is 3.22. The van der Waals surface area contributed by atoms with E-state index in [1.54, 1.807) is 18.3 Å². The number of urea groups is 1. The highest BCUT2D eigenvalue weighted by molar-refractivity contribution is 8.01. The maximum Gasteiger partial charge on any atom is 0.323 e. The second kappa shape index (κ2) is 13.1.